The number of carbonyl (C=O) groups is 2. The van der Waals surface area contributed by atoms with Crippen LogP contribution in [0.3, 0.4) is 0 Å². The van der Waals surface area contributed by atoms with Gasteiger partial charge in [-0.05, 0) is 49.0 Å². The Balaban J connectivity index is 2.07. The van der Waals surface area contributed by atoms with Gasteiger partial charge in [-0.2, -0.15) is 0 Å². The molecule has 1 amide bonds. The Bertz CT molecular complexity index is 1290. The Labute approximate surface area is 228 Å². The molecular formula is C26H26ClFN2O7S. The molecule has 0 saturated carbocycles. The normalized spacial score (nSPS) is 18.7. The Morgan fingerprint density at radius 1 is 1.26 bits per heavy atom. The van der Waals surface area contributed by atoms with Crippen molar-refractivity contribution in [3.63, 3.8) is 0 Å². The summed E-state index contributed by atoms with van der Waals surface area (Å²) < 4.78 is 25.5. The average molecular weight is 565 g/mol. The number of benzene rings is 2. The molecule has 0 bridgehead atoms. The smallest absolute Gasteiger partial charge is 0.269 e. The number of likely N-dealkylation sites (tertiary alicyclic amines) is 1. The minimum atomic E-state index is -1.09. The van der Waals surface area contributed by atoms with Crippen molar-refractivity contribution in [1.29, 1.82) is 0 Å². The maximum Gasteiger partial charge on any atom is 0.269 e. The van der Waals surface area contributed by atoms with Crippen LogP contribution < -0.4 is 4.74 Å². The first kappa shape index (κ1) is 29.2. The standard InChI is InChI=1S/C26H26ClFN2O7S/c1-14(31)19-23(27)29(24(19)33)20(25(38)36-13-15-8-10-17(11-9-15)30(34)35)21(22(32)26(2,3)4)37-18-7-5-6-16(28)12-18/h5-12,14,19,23,31H,13H2,1-4H3/t14-,19-,23-/m1/s1. The summed E-state index contributed by atoms with van der Waals surface area (Å²) in [5.74, 6) is -3.19. The number of aliphatic hydroxyl groups excluding tert-OH is 1. The van der Waals surface area contributed by atoms with Crippen molar-refractivity contribution in [2.24, 2.45) is 11.3 Å². The largest absolute Gasteiger partial charge is 0.477 e. The van der Waals surface area contributed by atoms with E-state index in [1.54, 1.807) is 20.8 Å². The first-order valence-corrected chi connectivity index (χ1v) is 12.3. The van der Waals surface area contributed by atoms with Gasteiger partial charge >= 0.3 is 0 Å². The number of nitro benzene ring substituents is 1. The van der Waals surface area contributed by atoms with Crippen LogP contribution in [-0.2, 0) is 20.9 Å². The van der Waals surface area contributed by atoms with E-state index in [0.717, 1.165) is 11.0 Å². The van der Waals surface area contributed by atoms with Gasteiger partial charge in [-0.3, -0.25) is 24.6 Å². The number of hydrogen-bond donors (Lipinski definition) is 1. The van der Waals surface area contributed by atoms with Gasteiger partial charge in [-0.15, -0.1) is 0 Å². The van der Waals surface area contributed by atoms with Gasteiger partial charge < -0.3 is 14.6 Å². The number of β-lactam (4-membered cyclic amide) rings is 1. The topological polar surface area (TPSA) is 119 Å². The second kappa shape index (κ2) is 11.5. The van der Waals surface area contributed by atoms with Gasteiger partial charge in [0, 0.05) is 23.6 Å². The minimum absolute atomic E-state index is 0.0283. The highest BCUT2D eigenvalue weighted by atomic mass is 35.5. The molecule has 12 heteroatoms. The van der Waals surface area contributed by atoms with Crippen molar-refractivity contribution in [3.05, 3.63) is 81.5 Å². The van der Waals surface area contributed by atoms with Crippen LogP contribution in [0.25, 0.3) is 0 Å². The predicted octanol–water partition coefficient (Wildman–Crippen LogP) is 4.89. The van der Waals surface area contributed by atoms with E-state index in [-0.39, 0.29) is 34.6 Å². The summed E-state index contributed by atoms with van der Waals surface area (Å²) in [7, 11) is 0. The fraction of sp³-hybridized carbons (Fsp3) is 0.346. The van der Waals surface area contributed by atoms with Crippen LogP contribution in [0.15, 0.2) is 60.0 Å². The van der Waals surface area contributed by atoms with Crippen LogP contribution in [0.2, 0.25) is 0 Å². The van der Waals surface area contributed by atoms with Gasteiger partial charge in [0.15, 0.2) is 5.76 Å². The zero-order valence-corrected chi connectivity index (χ0v) is 22.6. The molecule has 0 spiro atoms. The maximum atomic E-state index is 13.9. The third-order valence-corrected chi connectivity index (χ3v) is 6.43. The second-order valence-corrected chi connectivity index (χ2v) is 10.5. The van der Waals surface area contributed by atoms with E-state index >= 15 is 0 Å². The van der Waals surface area contributed by atoms with Gasteiger partial charge in [0.2, 0.25) is 16.7 Å². The van der Waals surface area contributed by atoms with Crippen molar-refractivity contribution < 1.29 is 33.5 Å². The van der Waals surface area contributed by atoms with Crippen molar-refractivity contribution in [2.75, 3.05) is 0 Å². The molecule has 1 N–H and O–H groups in total. The molecule has 0 aromatic heterocycles. The highest BCUT2D eigenvalue weighted by Crippen LogP contribution is 2.39. The van der Waals surface area contributed by atoms with E-state index in [9.17, 15) is 29.2 Å². The summed E-state index contributed by atoms with van der Waals surface area (Å²) in [5, 5.41) is 20.6. The van der Waals surface area contributed by atoms with Crippen molar-refractivity contribution in [3.8, 4) is 5.75 Å². The molecule has 1 aliphatic heterocycles. The van der Waals surface area contributed by atoms with Crippen LogP contribution in [0.4, 0.5) is 10.1 Å². The quantitative estimate of drug-likeness (QED) is 0.0668. The SMILES string of the molecule is C[C@@H](O)[C@H]1C(=O)N(C(C(=S)OCc2ccc([N+](=O)[O-])cc2)=C(Oc2cccc(F)c2)C(=O)C(C)(C)C)[C@H]1Cl. The van der Waals surface area contributed by atoms with Gasteiger partial charge in [0.1, 0.15) is 29.4 Å². The summed E-state index contributed by atoms with van der Waals surface area (Å²) in [6.45, 7) is 6.12. The number of Topliss-reactive ketones (excluding diaryl/α,β-unsaturated/α-hetero) is 1. The average Bonchev–Trinajstić information content (AvgIpc) is 2.83. The number of non-ortho nitro benzene ring substituents is 1. The Hall–Kier alpha value is -3.41. The fourth-order valence-electron chi connectivity index (χ4n) is 3.57. The van der Waals surface area contributed by atoms with Gasteiger partial charge in [0.25, 0.3) is 5.69 Å². The van der Waals surface area contributed by atoms with Crippen LogP contribution >= 0.6 is 23.8 Å². The monoisotopic (exact) mass is 564 g/mol. The molecule has 9 nitrogen and oxygen atoms in total. The number of amides is 1. The second-order valence-electron chi connectivity index (χ2n) is 9.66. The van der Waals surface area contributed by atoms with Crippen LogP contribution in [-0.4, -0.2) is 43.3 Å². The molecule has 1 fully saturated rings. The van der Waals surface area contributed by atoms with Crippen molar-refractivity contribution in [2.45, 2.75) is 45.9 Å². The maximum absolute atomic E-state index is 13.9. The molecule has 2 aromatic rings. The number of nitro groups is 1. The molecule has 0 radical (unpaired) electrons. The third kappa shape index (κ3) is 6.35. The number of rotatable bonds is 9. The number of ether oxygens (including phenoxy) is 2. The molecule has 38 heavy (non-hydrogen) atoms. The fourth-order valence-corrected chi connectivity index (χ4v) is 4.33. The first-order chi connectivity index (χ1) is 17.7. The van der Waals surface area contributed by atoms with E-state index in [0.29, 0.717) is 5.56 Å². The number of halogens is 2. The number of alkyl halides is 1. The Morgan fingerprint density at radius 2 is 1.89 bits per heavy atom. The molecule has 0 unspecified atom stereocenters. The minimum Gasteiger partial charge on any atom is -0.477 e. The van der Waals surface area contributed by atoms with E-state index < -0.39 is 45.4 Å². The Kier molecular flexibility index (Phi) is 8.86. The molecule has 3 rings (SSSR count). The lowest BCUT2D eigenvalue weighted by molar-refractivity contribution is -0.384. The van der Waals surface area contributed by atoms with E-state index in [1.165, 1.54) is 49.4 Å². The summed E-state index contributed by atoms with van der Waals surface area (Å²) >= 11 is 11.9. The van der Waals surface area contributed by atoms with Crippen LogP contribution in [0.5, 0.6) is 5.75 Å². The number of ketones is 1. The zero-order valence-electron chi connectivity index (χ0n) is 21.0. The number of nitrogens with zero attached hydrogens (tertiary/aromatic N) is 2. The third-order valence-electron chi connectivity index (χ3n) is 5.66. The lowest BCUT2D eigenvalue weighted by Gasteiger charge is -2.46. The number of allylic oxidation sites excluding steroid dienone is 1. The predicted molar refractivity (Wildman–Crippen MR) is 141 cm³/mol. The summed E-state index contributed by atoms with van der Waals surface area (Å²) in [5.41, 5.74) is -1.95. The van der Waals surface area contributed by atoms with E-state index in [4.69, 9.17) is 33.3 Å². The molecule has 202 valence electrons. The zero-order chi connectivity index (χ0) is 28.4. The highest BCUT2D eigenvalue weighted by molar-refractivity contribution is 7.80. The number of carbonyl (C=O) groups excluding carboxylic acids is 2. The van der Waals surface area contributed by atoms with Gasteiger partial charge in [0.05, 0.1) is 16.9 Å². The van der Waals surface area contributed by atoms with Crippen molar-refractivity contribution in [1.82, 2.24) is 4.90 Å². The molecule has 0 aliphatic carbocycles. The van der Waals surface area contributed by atoms with Gasteiger partial charge in [-0.1, -0.05) is 38.4 Å². The van der Waals surface area contributed by atoms with Crippen molar-refractivity contribution >= 4 is 46.2 Å². The first-order valence-electron chi connectivity index (χ1n) is 11.5. The van der Waals surface area contributed by atoms with E-state index in [1.807, 2.05) is 0 Å². The molecule has 1 saturated heterocycles. The molecule has 3 atom stereocenters. The summed E-state index contributed by atoms with van der Waals surface area (Å²) in [4.78, 5) is 38.0. The Morgan fingerprint density at radius 3 is 2.39 bits per heavy atom. The summed E-state index contributed by atoms with van der Waals surface area (Å²) in [6, 6.07) is 10.6. The summed E-state index contributed by atoms with van der Waals surface area (Å²) in [6.07, 6.45) is -1.08. The van der Waals surface area contributed by atoms with E-state index in [2.05, 4.69) is 0 Å². The van der Waals surface area contributed by atoms with Gasteiger partial charge in [-0.25, -0.2) is 4.39 Å². The molecule has 1 heterocycles. The highest BCUT2D eigenvalue weighted by Gasteiger charge is 2.53. The molecule has 2 aromatic carbocycles. The lowest BCUT2D eigenvalue weighted by atomic mass is 9.87. The molecular weight excluding hydrogens is 539 g/mol. The number of hydrogen-bond acceptors (Lipinski definition) is 8. The number of aliphatic hydroxyl groups is 1. The number of thiocarbonyl (C=S) groups is 1. The van der Waals surface area contributed by atoms with Crippen LogP contribution in [0, 0.1) is 27.3 Å². The molecule has 1 aliphatic rings. The van der Waals surface area contributed by atoms with Crippen LogP contribution in [0.1, 0.15) is 33.3 Å². The lowest BCUT2D eigenvalue weighted by Crippen LogP contribution is -2.62.